The van der Waals surface area contributed by atoms with Crippen LogP contribution in [-0.4, -0.2) is 67.1 Å². The maximum Gasteiger partial charge on any atom is 0.222 e. The first kappa shape index (κ1) is 19.2. The van der Waals surface area contributed by atoms with Crippen LogP contribution in [-0.2, 0) is 20.8 Å². The molecule has 0 aromatic heterocycles. The van der Waals surface area contributed by atoms with Crippen LogP contribution >= 0.6 is 0 Å². The molecule has 2 aliphatic heterocycles. The van der Waals surface area contributed by atoms with Gasteiger partial charge in [-0.1, -0.05) is 18.2 Å². The Labute approximate surface area is 153 Å². The van der Waals surface area contributed by atoms with E-state index < -0.39 is 6.10 Å². The molecule has 26 heavy (non-hydrogen) atoms. The number of aliphatic hydroxyl groups is 1. The third kappa shape index (κ3) is 4.79. The standard InChI is InChI=1S/C19H27FN2O4/c1-21-19(24)8-15-6-7-17-18(26-15)12-25-11-14(23)10-22(17)9-13-4-2-3-5-16(13)20/h2-5,14-15,17-18,23H,6-12H2,1H3,(H,21,24)/t14-,15+,17-,18+/m0/s1. The Hall–Kier alpha value is -1.54. The highest BCUT2D eigenvalue weighted by Gasteiger charge is 2.38. The predicted octanol–water partition coefficient (Wildman–Crippen LogP) is 1.07. The van der Waals surface area contributed by atoms with Gasteiger partial charge in [-0.25, -0.2) is 4.39 Å². The number of amides is 1. The van der Waals surface area contributed by atoms with Crippen LogP contribution in [0.2, 0.25) is 0 Å². The van der Waals surface area contributed by atoms with Crippen LogP contribution in [0.15, 0.2) is 24.3 Å². The number of carbonyl (C=O) groups is 1. The summed E-state index contributed by atoms with van der Waals surface area (Å²) in [5, 5.41) is 12.8. The molecule has 2 aliphatic rings. The molecule has 6 nitrogen and oxygen atoms in total. The van der Waals surface area contributed by atoms with E-state index in [2.05, 4.69) is 10.2 Å². The van der Waals surface area contributed by atoms with Crippen LogP contribution in [0.1, 0.15) is 24.8 Å². The second-order valence-electron chi connectivity index (χ2n) is 7.03. The lowest BCUT2D eigenvalue weighted by Crippen LogP contribution is -2.55. The van der Waals surface area contributed by atoms with Gasteiger partial charge in [-0.2, -0.15) is 0 Å². The number of benzene rings is 1. The summed E-state index contributed by atoms with van der Waals surface area (Å²) in [5.74, 6) is -0.287. The topological polar surface area (TPSA) is 71.0 Å². The van der Waals surface area contributed by atoms with Crippen molar-refractivity contribution in [3.8, 4) is 0 Å². The number of hydrogen-bond donors (Lipinski definition) is 2. The van der Waals surface area contributed by atoms with E-state index in [9.17, 15) is 14.3 Å². The molecule has 0 bridgehead atoms. The predicted molar refractivity (Wildman–Crippen MR) is 94.0 cm³/mol. The van der Waals surface area contributed by atoms with Gasteiger partial charge in [0, 0.05) is 31.7 Å². The van der Waals surface area contributed by atoms with Crippen molar-refractivity contribution < 1.29 is 23.8 Å². The highest BCUT2D eigenvalue weighted by Crippen LogP contribution is 2.29. The Bertz CT molecular complexity index is 615. The minimum atomic E-state index is -0.619. The van der Waals surface area contributed by atoms with E-state index in [1.165, 1.54) is 6.07 Å². The minimum absolute atomic E-state index is 0.0190. The molecule has 2 heterocycles. The van der Waals surface area contributed by atoms with E-state index >= 15 is 0 Å². The van der Waals surface area contributed by atoms with Crippen LogP contribution in [0.3, 0.4) is 0 Å². The van der Waals surface area contributed by atoms with Gasteiger partial charge in [-0.15, -0.1) is 0 Å². The number of halogens is 1. The SMILES string of the molecule is CNC(=O)C[C@H]1CC[C@H]2[C@@H](COC[C@@H](O)CN2Cc2ccccc2F)O1. The van der Waals surface area contributed by atoms with Gasteiger partial charge in [-0.05, 0) is 18.9 Å². The van der Waals surface area contributed by atoms with Gasteiger partial charge in [0.15, 0.2) is 0 Å². The summed E-state index contributed by atoms with van der Waals surface area (Å²) in [6.07, 6.45) is 0.939. The van der Waals surface area contributed by atoms with E-state index in [4.69, 9.17) is 9.47 Å². The summed E-state index contributed by atoms with van der Waals surface area (Å²) in [6, 6.07) is 6.73. The highest BCUT2D eigenvalue weighted by molar-refractivity contribution is 5.76. The Balaban J connectivity index is 1.73. The molecule has 2 fully saturated rings. The zero-order valence-corrected chi connectivity index (χ0v) is 15.1. The number of aliphatic hydroxyl groups excluding tert-OH is 1. The minimum Gasteiger partial charge on any atom is -0.389 e. The lowest BCUT2D eigenvalue weighted by molar-refractivity contribution is -0.158. The molecule has 1 aromatic carbocycles. The van der Waals surface area contributed by atoms with Gasteiger partial charge in [0.2, 0.25) is 5.91 Å². The molecule has 1 aromatic rings. The number of carbonyl (C=O) groups excluding carboxylic acids is 1. The monoisotopic (exact) mass is 366 g/mol. The smallest absolute Gasteiger partial charge is 0.222 e. The van der Waals surface area contributed by atoms with E-state index in [-0.39, 0.29) is 36.6 Å². The van der Waals surface area contributed by atoms with E-state index in [1.54, 1.807) is 19.2 Å². The Morgan fingerprint density at radius 1 is 1.35 bits per heavy atom. The molecule has 2 saturated heterocycles. The number of fused-ring (bicyclic) bond motifs is 1. The van der Waals surface area contributed by atoms with Crippen molar-refractivity contribution in [3.05, 3.63) is 35.6 Å². The van der Waals surface area contributed by atoms with Crippen molar-refractivity contribution in [2.24, 2.45) is 0 Å². The summed E-state index contributed by atoms with van der Waals surface area (Å²) in [5.41, 5.74) is 0.604. The van der Waals surface area contributed by atoms with Gasteiger partial charge >= 0.3 is 0 Å². The van der Waals surface area contributed by atoms with E-state index in [0.29, 0.717) is 31.7 Å². The van der Waals surface area contributed by atoms with Gasteiger partial charge in [-0.3, -0.25) is 9.69 Å². The normalized spacial score (nSPS) is 30.1. The number of nitrogens with one attached hydrogen (secondary N) is 1. The largest absolute Gasteiger partial charge is 0.389 e. The first-order chi connectivity index (χ1) is 12.6. The molecule has 144 valence electrons. The molecule has 1 amide bonds. The highest BCUT2D eigenvalue weighted by atomic mass is 19.1. The fourth-order valence-corrected chi connectivity index (χ4v) is 3.78. The van der Waals surface area contributed by atoms with Crippen molar-refractivity contribution >= 4 is 5.91 Å². The van der Waals surface area contributed by atoms with Crippen LogP contribution in [0.4, 0.5) is 4.39 Å². The lowest BCUT2D eigenvalue weighted by Gasteiger charge is -2.44. The second kappa shape index (κ2) is 8.90. The fraction of sp³-hybridized carbons (Fsp3) is 0.632. The average Bonchev–Trinajstić information content (AvgIpc) is 2.62. The van der Waals surface area contributed by atoms with Gasteiger partial charge in [0.25, 0.3) is 0 Å². The number of β-amino-alcohol motifs (C(OH)–C–C–N with tert-alkyl or cyclic N) is 1. The van der Waals surface area contributed by atoms with Gasteiger partial charge < -0.3 is 19.9 Å². The van der Waals surface area contributed by atoms with Crippen molar-refractivity contribution in [1.82, 2.24) is 10.2 Å². The number of nitrogens with zero attached hydrogens (tertiary/aromatic N) is 1. The molecule has 0 saturated carbocycles. The first-order valence-electron chi connectivity index (χ1n) is 9.16. The Morgan fingerprint density at radius 3 is 2.92 bits per heavy atom. The van der Waals surface area contributed by atoms with Crippen LogP contribution in [0, 0.1) is 5.82 Å². The van der Waals surface area contributed by atoms with Gasteiger partial charge in [0.05, 0.1) is 37.9 Å². The Kier molecular flexibility index (Phi) is 6.58. The maximum absolute atomic E-state index is 14.1. The van der Waals surface area contributed by atoms with Crippen LogP contribution in [0.5, 0.6) is 0 Å². The molecule has 3 rings (SSSR count). The summed E-state index contributed by atoms with van der Waals surface area (Å²) >= 11 is 0. The molecule has 4 atom stereocenters. The number of ether oxygens (including phenoxy) is 2. The molecule has 7 heteroatoms. The Morgan fingerprint density at radius 2 is 2.15 bits per heavy atom. The average molecular weight is 366 g/mol. The summed E-state index contributed by atoms with van der Waals surface area (Å²) < 4.78 is 25.8. The van der Waals surface area contributed by atoms with Crippen molar-refractivity contribution in [3.63, 3.8) is 0 Å². The molecule has 0 unspecified atom stereocenters. The lowest BCUT2D eigenvalue weighted by atomic mass is 9.94. The zero-order chi connectivity index (χ0) is 18.5. The molecular weight excluding hydrogens is 339 g/mol. The third-order valence-corrected chi connectivity index (χ3v) is 5.11. The summed E-state index contributed by atoms with van der Waals surface area (Å²) in [7, 11) is 1.62. The van der Waals surface area contributed by atoms with Crippen LogP contribution < -0.4 is 5.32 Å². The van der Waals surface area contributed by atoms with Crippen molar-refractivity contribution in [2.75, 3.05) is 26.8 Å². The van der Waals surface area contributed by atoms with E-state index in [0.717, 1.165) is 12.8 Å². The second-order valence-corrected chi connectivity index (χ2v) is 7.03. The molecule has 2 N–H and O–H groups in total. The van der Waals surface area contributed by atoms with Crippen LogP contribution in [0.25, 0.3) is 0 Å². The van der Waals surface area contributed by atoms with Crippen molar-refractivity contribution in [1.29, 1.82) is 0 Å². The maximum atomic E-state index is 14.1. The fourth-order valence-electron chi connectivity index (χ4n) is 3.78. The van der Waals surface area contributed by atoms with E-state index in [1.807, 2.05) is 6.07 Å². The third-order valence-electron chi connectivity index (χ3n) is 5.11. The molecular formula is C19H27FN2O4. The summed E-state index contributed by atoms with van der Waals surface area (Å²) in [6.45, 7) is 1.40. The number of hydrogen-bond acceptors (Lipinski definition) is 5. The molecule has 0 spiro atoms. The zero-order valence-electron chi connectivity index (χ0n) is 15.1. The first-order valence-corrected chi connectivity index (χ1v) is 9.16. The van der Waals surface area contributed by atoms with Gasteiger partial charge in [0.1, 0.15) is 5.82 Å². The van der Waals surface area contributed by atoms with Crippen molar-refractivity contribution in [2.45, 2.75) is 50.2 Å². The quantitative estimate of drug-likeness (QED) is 0.834. The molecule has 0 radical (unpaired) electrons. The summed E-state index contributed by atoms with van der Waals surface area (Å²) in [4.78, 5) is 13.7. The molecule has 0 aliphatic carbocycles. The number of rotatable bonds is 4.